The standard InChI is InChI=1S/C17H14O2/c1-10(18)13-7-8-15-14-6-4-3-5-12(14)9-16(15)17(13)11(2)19/h3-8H,9H2,1-2H3. The van der Waals surface area contributed by atoms with Crippen LogP contribution in [-0.4, -0.2) is 11.6 Å². The van der Waals surface area contributed by atoms with E-state index in [9.17, 15) is 9.59 Å². The zero-order chi connectivity index (χ0) is 13.6. The summed E-state index contributed by atoms with van der Waals surface area (Å²) >= 11 is 0. The van der Waals surface area contributed by atoms with Gasteiger partial charge < -0.3 is 0 Å². The van der Waals surface area contributed by atoms with Gasteiger partial charge in [0.05, 0.1) is 0 Å². The summed E-state index contributed by atoms with van der Waals surface area (Å²) in [5.74, 6) is -0.0844. The molecule has 19 heavy (non-hydrogen) atoms. The van der Waals surface area contributed by atoms with Crippen molar-refractivity contribution in [1.82, 2.24) is 0 Å². The van der Waals surface area contributed by atoms with Crippen LogP contribution in [0.2, 0.25) is 0 Å². The van der Waals surface area contributed by atoms with E-state index in [1.165, 1.54) is 25.0 Å². The molecule has 0 amide bonds. The van der Waals surface area contributed by atoms with Gasteiger partial charge in [0, 0.05) is 11.1 Å². The van der Waals surface area contributed by atoms with Gasteiger partial charge in [-0.1, -0.05) is 36.4 Å². The lowest BCUT2D eigenvalue weighted by atomic mass is 9.92. The van der Waals surface area contributed by atoms with E-state index in [2.05, 4.69) is 12.1 Å². The highest BCUT2D eigenvalue weighted by Crippen LogP contribution is 2.39. The van der Waals surface area contributed by atoms with Gasteiger partial charge in [0.1, 0.15) is 0 Å². The van der Waals surface area contributed by atoms with Crippen LogP contribution >= 0.6 is 0 Å². The summed E-state index contributed by atoms with van der Waals surface area (Å²) in [7, 11) is 0. The monoisotopic (exact) mass is 250 g/mol. The summed E-state index contributed by atoms with van der Waals surface area (Å²) in [5, 5.41) is 0. The quantitative estimate of drug-likeness (QED) is 0.650. The van der Waals surface area contributed by atoms with Gasteiger partial charge in [-0.2, -0.15) is 0 Å². The highest BCUT2D eigenvalue weighted by atomic mass is 16.1. The zero-order valence-electron chi connectivity index (χ0n) is 11.0. The smallest absolute Gasteiger partial charge is 0.160 e. The average Bonchev–Trinajstić information content (AvgIpc) is 2.75. The van der Waals surface area contributed by atoms with Gasteiger partial charge in [0.15, 0.2) is 11.6 Å². The molecule has 0 radical (unpaired) electrons. The van der Waals surface area contributed by atoms with Crippen molar-refractivity contribution in [2.24, 2.45) is 0 Å². The topological polar surface area (TPSA) is 34.1 Å². The molecule has 2 aromatic carbocycles. The lowest BCUT2D eigenvalue weighted by molar-refractivity contribution is 0.0980. The molecule has 0 N–H and O–H groups in total. The van der Waals surface area contributed by atoms with E-state index in [-0.39, 0.29) is 11.6 Å². The van der Waals surface area contributed by atoms with Crippen molar-refractivity contribution in [3.8, 4) is 11.1 Å². The molecule has 94 valence electrons. The first kappa shape index (κ1) is 11.8. The lowest BCUT2D eigenvalue weighted by Crippen LogP contribution is -2.08. The number of hydrogen-bond donors (Lipinski definition) is 0. The molecular weight excluding hydrogens is 236 g/mol. The highest BCUT2D eigenvalue weighted by Gasteiger charge is 2.25. The molecule has 1 aliphatic carbocycles. The lowest BCUT2D eigenvalue weighted by Gasteiger charge is -2.10. The molecule has 0 saturated heterocycles. The molecule has 1 aliphatic rings. The van der Waals surface area contributed by atoms with Gasteiger partial charge >= 0.3 is 0 Å². The minimum absolute atomic E-state index is 0.0325. The molecule has 0 heterocycles. The summed E-state index contributed by atoms with van der Waals surface area (Å²) in [4.78, 5) is 23.6. The third-order valence-electron chi connectivity index (χ3n) is 3.72. The first-order chi connectivity index (χ1) is 9.09. The van der Waals surface area contributed by atoms with Crippen LogP contribution < -0.4 is 0 Å². The predicted molar refractivity (Wildman–Crippen MR) is 74.7 cm³/mol. The van der Waals surface area contributed by atoms with Crippen molar-refractivity contribution in [3.63, 3.8) is 0 Å². The SMILES string of the molecule is CC(=O)c1ccc2c(c1C(C)=O)Cc1ccccc1-2. The summed E-state index contributed by atoms with van der Waals surface area (Å²) in [6.07, 6.45) is 0.738. The van der Waals surface area contributed by atoms with Gasteiger partial charge in [-0.15, -0.1) is 0 Å². The van der Waals surface area contributed by atoms with E-state index < -0.39 is 0 Å². The molecule has 2 heteroatoms. The van der Waals surface area contributed by atoms with Crippen LogP contribution in [0.4, 0.5) is 0 Å². The van der Waals surface area contributed by atoms with Crippen LogP contribution in [0.15, 0.2) is 36.4 Å². The fourth-order valence-corrected chi connectivity index (χ4v) is 2.91. The van der Waals surface area contributed by atoms with Gasteiger partial charge in [0.2, 0.25) is 0 Å². The van der Waals surface area contributed by atoms with E-state index in [1.54, 1.807) is 6.07 Å². The Morgan fingerprint density at radius 3 is 2.32 bits per heavy atom. The average molecular weight is 250 g/mol. The fraction of sp³-hybridized carbons (Fsp3) is 0.176. The molecule has 0 unspecified atom stereocenters. The summed E-state index contributed by atoms with van der Waals surface area (Å²) in [5.41, 5.74) is 5.63. The van der Waals surface area contributed by atoms with Gasteiger partial charge in [0.25, 0.3) is 0 Å². The number of rotatable bonds is 2. The van der Waals surface area contributed by atoms with Gasteiger partial charge in [-0.05, 0) is 42.5 Å². The molecule has 0 saturated carbocycles. The highest BCUT2D eigenvalue weighted by molar-refractivity contribution is 6.10. The summed E-state index contributed by atoms with van der Waals surface area (Å²) < 4.78 is 0. The van der Waals surface area contributed by atoms with Crippen LogP contribution in [0.5, 0.6) is 0 Å². The van der Waals surface area contributed by atoms with Crippen molar-refractivity contribution in [3.05, 3.63) is 58.7 Å². The third-order valence-corrected chi connectivity index (χ3v) is 3.72. The maximum Gasteiger partial charge on any atom is 0.160 e. The number of Topliss-reactive ketones (excluding diaryl/α,β-unsaturated/α-hetero) is 2. The van der Waals surface area contributed by atoms with Crippen molar-refractivity contribution in [2.75, 3.05) is 0 Å². The minimum atomic E-state index is -0.0519. The molecule has 0 atom stereocenters. The van der Waals surface area contributed by atoms with E-state index >= 15 is 0 Å². The second-order valence-corrected chi connectivity index (χ2v) is 4.96. The first-order valence-corrected chi connectivity index (χ1v) is 6.35. The van der Waals surface area contributed by atoms with Crippen molar-refractivity contribution < 1.29 is 9.59 Å². The maximum absolute atomic E-state index is 11.9. The molecule has 0 fully saturated rings. The molecule has 0 bridgehead atoms. The van der Waals surface area contributed by atoms with E-state index in [1.807, 2.05) is 18.2 Å². The zero-order valence-corrected chi connectivity index (χ0v) is 11.0. The van der Waals surface area contributed by atoms with E-state index in [4.69, 9.17) is 0 Å². The van der Waals surface area contributed by atoms with Crippen LogP contribution in [0.3, 0.4) is 0 Å². The largest absolute Gasteiger partial charge is 0.294 e. The second-order valence-electron chi connectivity index (χ2n) is 4.96. The molecule has 3 rings (SSSR count). The molecule has 0 aliphatic heterocycles. The second kappa shape index (κ2) is 4.16. The Bertz CT molecular complexity index is 711. The third kappa shape index (κ3) is 1.72. The van der Waals surface area contributed by atoms with Crippen molar-refractivity contribution >= 4 is 11.6 Å². The molecule has 0 spiro atoms. The molecular formula is C17H14O2. The molecule has 2 nitrogen and oxygen atoms in total. The number of carbonyl (C=O) groups excluding carboxylic acids is 2. The van der Waals surface area contributed by atoms with Crippen molar-refractivity contribution in [2.45, 2.75) is 20.3 Å². The number of carbonyl (C=O) groups is 2. The molecule has 0 aromatic heterocycles. The Balaban J connectivity index is 2.31. The van der Waals surface area contributed by atoms with Crippen LogP contribution in [-0.2, 0) is 6.42 Å². The van der Waals surface area contributed by atoms with Gasteiger partial charge in [-0.3, -0.25) is 9.59 Å². The predicted octanol–water partition coefficient (Wildman–Crippen LogP) is 3.66. The Morgan fingerprint density at radius 1 is 0.895 bits per heavy atom. The maximum atomic E-state index is 11.9. The number of fused-ring (bicyclic) bond motifs is 3. The Hall–Kier alpha value is -2.22. The number of ketones is 2. The summed E-state index contributed by atoms with van der Waals surface area (Å²) in [6, 6.07) is 11.9. The van der Waals surface area contributed by atoms with Crippen molar-refractivity contribution in [1.29, 1.82) is 0 Å². The minimum Gasteiger partial charge on any atom is -0.294 e. The number of hydrogen-bond acceptors (Lipinski definition) is 2. The number of benzene rings is 2. The molecule has 2 aromatic rings. The van der Waals surface area contributed by atoms with Crippen LogP contribution in [0.25, 0.3) is 11.1 Å². The first-order valence-electron chi connectivity index (χ1n) is 6.35. The normalized spacial score (nSPS) is 11.9. The fourth-order valence-electron chi connectivity index (χ4n) is 2.91. The van der Waals surface area contributed by atoms with E-state index in [0.717, 1.165) is 17.5 Å². The Kier molecular flexibility index (Phi) is 2.59. The van der Waals surface area contributed by atoms with E-state index in [0.29, 0.717) is 11.1 Å². The van der Waals surface area contributed by atoms with Crippen LogP contribution in [0, 0.1) is 0 Å². The Morgan fingerprint density at radius 2 is 1.63 bits per heavy atom. The Labute approximate surface area is 112 Å². The summed E-state index contributed by atoms with van der Waals surface area (Å²) in [6.45, 7) is 3.04. The van der Waals surface area contributed by atoms with Gasteiger partial charge in [-0.25, -0.2) is 0 Å². The van der Waals surface area contributed by atoms with Crippen LogP contribution in [0.1, 0.15) is 45.7 Å².